The molecule has 0 spiro atoms. The van der Waals surface area contributed by atoms with E-state index in [1.165, 1.54) is 7.05 Å². The summed E-state index contributed by atoms with van der Waals surface area (Å²) >= 11 is 0. The van der Waals surface area contributed by atoms with Gasteiger partial charge in [0.1, 0.15) is 11.5 Å². The van der Waals surface area contributed by atoms with Crippen LogP contribution >= 0.6 is 0 Å². The van der Waals surface area contributed by atoms with Crippen molar-refractivity contribution in [1.82, 2.24) is 9.55 Å². The summed E-state index contributed by atoms with van der Waals surface area (Å²) in [5, 5.41) is 0. The van der Waals surface area contributed by atoms with Crippen LogP contribution in [0.25, 0.3) is 0 Å². The van der Waals surface area contributed by atoms with Gasteiger partial charge in [0.05, 0.1) is 19.7 Å². The lowest BCUT2D eigenvalue weighted by atomic mass is 10.3. The van der Waals surface area contributed by atoms with Gasteiger partial charge in [-0.25, -0.2) is 4.79 Å². The van der Waals surface area contributed by atoms with E-state index in [2.05, 4.69) is 4.98 Å². The molecule has 20 heavy (non-hydrogen) atoms. The minimum atomic E-state index is -0.451. The molecule has 0 aliphatic carbocycles. The van der Waals surface area contributed by atoms with Crippen molar-refractivity contribution in [3.05, 3.63) is 20.8 Å². The number of hydrogen-bond acceptors (Lipinski definition) is 6. The lowest BCUT2D eigenvalue weighted by molar-refractivity contribution is -0.142. The van der Waals surface area contributed by atoms with E-state index in [-0.39, 0.29) is 17.9 Å². The van der Waals surface area contributed by atoms with E-state index in [0.29, 0.717) is 31.3 Å². The van der Waals surface area contributed by atoms with E-state index in [4.69, 9.17) is 4.74 Å². The molecule has 0 aromatic carbocycles. The van der Waals surface area contributed by atoms with Gasteiger partial charge < -0.3 is 14.5 Å². The number of hydrogen-bond donors (Lipinski definition) is 1. The number of carbonyl (C=O) groups excluding carboxylic acids is 1. The predicted octanol–water partition coefficient (Wildman–Crippen LogP) is -0.759. The highest BCUT2D eigenvalue weighted by Crippen LogP contribution is 2.27. The Bertz CT molecular complexity index is 633. The zero-order chi connectivity index (χ0) is 14.9. The fourth-order valence-electron chi connectivity index (χ4n) is 2.20. The van der Waals surface area contributed by atoms with E-state index in [1.54, 1.807) is 23.8 Å². The smallest absolute Gasteiger partial charge is 0.329 e. The molecule has 0 atom stereocenters. The average molecular weight is 282 g/mol. The number of H-pyrrole nitrogens is 1. The maximum absolute atomic E-state index is 12.2. The average Bonchev–Trinajstić information content (AvgIpc) is 2.71. The zero-order valence-electron chi connectivity index (χ0n) is 11.8. The number of nitrogens with one attached hydrogen (secondary N) is 1. The number of fused-ring (bicyclic) bond motifs is 1. The second kappa shape index (κ2) is 5.40. The molecule has 2 heterocycles. The van der Waals surface area contributed by atoms with Crippen LogP contribution in [0.4, 0.5) is 11.5 Å². The third-order valence-corrected chi connectivity index (χ3v) is 3.23. The van der Waals surface area contributed by atoms with Gasteiger partial charge in [0.2, 0.25) is 0 Å². The monoisotopic (exact) mass is 282 g/mol. The van der Waals surface area contributed by atoms with Gasteiger partial charge in [-0.2, -0.15) is 0 Å². The minimum Gasteiger partial charge on any atom is -0.466 e. The first-order valence-electron chi connectivity index (χ1n) is 6.40. The first-order chi connectivity index (χ1) is 9.45. The van der Waals surface area contributed by atoms with Gasteiger partial charge in [-0.15, -0.1) is 0 Å². The summed E-state index contributed by atoms with van der Waals surface area (Å²) in [4.78, 5) is 41.4. The molecule has 1 N–H and O–H groups in total. The summed E-state index contributed by atoms with van der Waals surface area (Å²) in [7, 11) is 3.20. The van der Waals surface area contributed by atoms with Gasteiger partial charge in [-0.1, -0.05) is 0 Å². The maximum Gasteiger partial charge on any atom is 0.329 e. The molecule has 0 radical (unpaired) electrons. The Balaban J connectivity index is 2.26. The molecule has 0 saturated heterocycles. The van der Waals surface area contributed by atoms with Crippen LogP contribution in [-0.2, 0) is 16.6 Å². The molecule has 2 rings (SSSR count). The van der Waals surface area contributed by atoms with E-state index in [1.807, 2.05) is 0 Å². The van der Waals surface area contributed by atoms with Crippen LogP contribution < -0.4 is 21.0 Å². The number of aromatic amines is 1. The molecular weight excluding hydrogens is 264 g/mol. The number of rotatable bonds is 4. The van der Waals surface area contributed by atoms with Crippen LogP contribution in [0.5, 0.6) is 0 Å². The summed E-state index contributed by atoms with van der Waals surface area (Å²) in [5.41, 5.74) is -0.399. The standard InChI is InChI=1S/C12H18N4O4/c1-4-20-8(17)5-6-16-7-14(2)10-9(16)11(18)15(3)12(19)13-10/h4-7H2,1-3H3,(H,13,19). The predicted molar refractivity (Wildman–Crippen MR) is 74.2 cm³/mol. The van der Waals surface area contributed by atoms with Crippen LogP contribution in [0.15, 0.2) is 9.59 Å². The summed E-state index contributed by atoms with van der Waals surface area (Å²) in [6.45, 7) is 2.91. The first kappa shape index (κ1) is 14.2. The molecule has 0 fully saturated rings. The quantitative estimate of drug-likeness (QED) is 0.730. The number of carbonyl (C=O) groups is 1. The highest BCUT2D eigenvalue weighted by Gasteiger charge is 2.28. The van der Waals surface area contributed by atoms with Crippen molar-refractivity contribution in [3.63, 3.8) is 0 Å². The summed E-state index contributed by atoms with van der Waals surface area (Å²) < 4.78 is 5.89. The molecule has 8 heteroatoms. The lowest BCUT2D eigenvalue weighted by Gasteiger charge is -2.17. The zero-order valence-corrected chi connectivity index (χ0v) is 11.8. The number of aromatic nitrogens is 2. The molecular formula is C12H18N4O4. The Morgan fingerprint density at radius 2 is 2.05 bits per heavy atom. The van der Waals surface area contributed by atoms with Crippen LogP contribution in [0.1, 0.15) is 13.3 Å². The van der Waals surface area contributed by atoms with Crippen molar-refractivity contribution in [2.24, 2.45) is 7.05 Å². The van der Waals surface area contributed by atoms with Crippen molar-refractivity contribution in [2.45, 2.75) is 13.3 Å². The van der Waals surface area contributed by atoms with E-state index < -0.39 is 5.69 Å². The number of ether oxygens (including phenoxy) is 1. The summed E-state index contributed by atoms with van der Waals surface area (Å²) in [6, 6.07) is 0. The maximum atomic E-state index is 12.2. The van der Waals surface area contributed by atoms with Crippen molar-refractivity contribution >= 4 is 17.5 Å². The van der Waals surface area contributed by atoms with E-state index >= 15 is 0 Å². The molecule has 0 unspecified atom stereocenters. The molecule has 0 saturated carbocycles. The summed E-state index contributed by atoms with van der Waals surface area (Å²) in [5.74, 6) is 0.187. The Morgan fingerprint density at radius 1 is 1.35 bits per heavy atom. The third-order valence-electron chi connectivity index (χ3n) is 3.23. The van der Waals surface area contributed by atoms with Crippen molar-refractivity contribution in [3.8, 4) is 0 Å². The van der Waals surface area contributed by atoms with Crippen LogP contribution in [-0.4, -0.2) is 42.4 Å². The Labute approximate surface area is 115 Å². The van der Waals surface area contributed by atoms with Crippen molar-refractivity contribution in [2.75, 3.05) is 36.7 Å². The van der Waals surface area contributed by atoms with Gasteiger partial charge in [0.15, 0.2) is 0 Å². The number of anilines is 2. The van der Waals surface area contributed by atoms with Gasteiger partial charge >= 0.3 is 11.7 Å². The Hall–Kier alpha value is -2.25. The van der Waals surface area contributed by atoms with Crippen LogP contribution in [0.3, 0.4) is 0 Å². The highest BCUT2D eigenvalue weighted by atomic mass is 16.5. The minimum absolute atomic E-state index is 0.198. The van der Waals surface area contributed by atoms with Gasteiger partial charge in [-0.3, -0.25) is 19.1 Å². The molecule has 1 aromatic heterocycles. The normalized spacial score (nSPS) is 13.6. The number of nitrogens with zero attached hydrogens (tertiary/aromatic N) is 3. The molecule has 8 nitrogen and oxygen atoms in total. The topological polar surface area (TPSA) is 87.6 Å². The Morgan fingerprint density at radius 3 is 2.70 bits per heavy atom. The third kappa shape index (κ3) is 2.40. The van der Waals surface area contributed by atoms with E-state index in [0.717, 1.165) is 4.57 Å². The van der Waals surface area contributed by atoms with E-state index in [9.17, 15) is 14.4 Å². The lowest BCUT2D eigenvalue weighted by Crippen LogP contribution is -2.36. The van der Waals surface area contributed by atoms with Crippen LogP contribution in [0.2, 0.25) is 0 Å². The molecule has 1 aliphatic rings. The van der Waals surface area contributed by atoms with Gasteiger partial charge in [0.25, 0.3) is 5.56 Å². The fourth-order valence-corrected chi connectivity index (χ4v) is 2.20. The largest absolute Gasteiger partial charge is 0.466 e. The summed E-state index contributed by atoms with van der Waals surface area (Å²) in [6.07, 6.45) is 0.198. The Kier molecular flexibility index (Phi) is 3.82. The molecule has 0 bridgehead atoms. The SMILES string of the molecule is CCOC(=O)CCN1CN(C)c2[nH]c(=O)n(C)c(=O)c21. The molecule has 1 aromatic rings. The van der Waals surface area contributed by atoms with Crippen molar-refractivity contribution < 1.29 is 9.53 Å². The molecule has 1 aliphatic heterocycles. The fraction of sp³-hybridized carbons (Fsp3) is 0.583. The van der Waals surface area contributed by atoms with Gasteiger partial charge in [0, 0.05) is 20.6 Å². The van der Waals surface area contributed by atoms with Crippen molar-refractivity contribution in [1.29, 1.82) is 0 Å². The highest BCUT2D eigenvalue weighted by molar-refractivity contribution is 5.73. The molecule has 110 valence electrons. The second-order valence-corrected chi connectivity index (χ2v) is 4.65. The van der Waals surface area contributed by atoms with Gasteiger partial charge in [-0.05, 0) is 6.92 Å². The molecule has 0 amide bonds. The second-order valence-electron chi connectivity index (χ2n) is 4.65. The van der Waals surface area contributed by atoms with Crippen LogP contribution in [0, 0.1) is 0 Å². The first-order valence-corrected chi connectivity index (χ1v) is 6.40. The number of esters is 1.